The van der Waals surface area contributed by atoms with Crippen molar-refractivity contribution < 1.29 is 33.1 Å². The molecule has 17 heavy (non-hydrogen) atoms. The second-order valence-corrected chi connectivity index (χ2v) is 3.91. The summed E-state index contributed by atoms with van der Waals surface area (Å²) < 4.78 is 14.4. The van der Waals surface area contributed by atoms with E-state index in [2.05, 4.69) is 0 Å². The molecule has 0 aromatic carbocycles. The summed E-state index contributed by atoms with van der Waals surface area (Å²) in [5, 5.41) is 0. The molecule has 7 nitrogen and oxygen atoms in total. The Kier molecular flexibility index (Phi) is 6.19. The molecule has 0 atom stereocenters. The van der Waals surface area contributed by atoms with Crippen LogP contribution in [0.4, 0.5) is 0 Å². The molecule has 0 heterocycles. The first-order chi connectivity index (χ1) is 7.75. The number of carbonyl (C=O) groups is 3. The standard InChI is InChI=1S/C10H18NO6/c1-8(12)15-5-11(4,6-16-9(2)13)7-17-10(3)14/h5-7H2,1-4H3/q+1. The summed E-state index contributed by atoms with van der Waals surface area (Å²) in [6, 6.07) is 0. The normalized spacial score (nSPS) is 10.6. The Labute approximate surface area is 99.8 Å². The van der Waals surface area contributed by atoms with E-state index in [4.69, 9.17) is 14.2 Å². The van der Waals surface area contributed by atoms with E-state index in [0.717, 1.165) is 0 Å². The van der Waals surface area contributed by atoms with Gasteiger partial charge in [0, 0.05) is 20.8 Å². The topological polar surface area (TPSA) is 78.9 Å². The highest BCUT2D eigenvalue weighted by atomic mass is 16.6. The first kappa shape index (κ1) is 15.4. The molecule has 0 saturated heterocycles. The van der Waals surface area contributed by atoms with Gasteiger partial charge in [-0.1, -0.05) is 0 Å². The first-order valence-electron chi connectivity index (χ1n) is 4.99. The number of quaternary nitrogens is 1. The molecule has 0 fully saturated rings. The fourth-order valence-electron chi connectivity index (χ4n) is 0.852. The maximum atomic E-state index is 10.7. The summed E-state index contributed by atoms with van der Waals surface area (Å²) in [6.07, 6.45) is 0. The number of ether oxygens (including phenoxy) is 3. The Hall–Kier alpha value is -1.63. The number of nitrogens with zero attached hydrogens (tertiary/aromatic N) is 1. The Morgan fingerprint density at radius 2 is 1.00 bits per heavy atom. The van der Waals surface area contributed by atoms with Gasteiger partial charge >= 0.3 is 17.9 Å². The number of esters is 3. The molecule has 0 bridgehead atoms. The van der Waals surface area contributed by atoms with Gasteiger partial charge in [-0.05, 0) is 0 Å². The van der Waals surface area contributed by atoms with Crippen molar-refractivity contribution in [2.45, 2.75) is 20.8 Å². The largest absolute Gasteiger partial charge is 0.415 e. The van der Waals surface area contributed by atoms with Crippen molar-refractivity contribution in [3.05, 3.63) is 0 Å². The third kappa shape index (κ3) is 8.21. The minimum absolute atomic E-state index is 0.0429. The zero-order chi connectivity index (χ0) is 13.5. The number of hydrogen-bond donors (Lipinski definition) is 0. The molecular weight excluding hydrogens is 230 g/mol. The summed E-state index contributed by atoms with van der Waals surface area (Å²) in [7, 11) is 1.63. The van der Waals surface area contributed by atoms with Crippen LogP contribution in [0.15, 0.2) is 0 Å². The van der Waals surface area contributed by atoms with Crippen molar-refractivity contribution in [1.29, 1.82) is 0 Å². The predicted molar refractivity (Wildman–Crippen MR) is 56.1 cm³/mol. The molecule has 0 radical (unpaired) electrons. The lowest BCUT2D eigenvalue weighted by Crippen LogP contribution is -2.50. The number of hydrogen-bond acceptors (Lipinski definition) is 6. The molecule has 0 saturated carbocycles. The fourth-order valence-corrected chi connectivity index (χ4v) is 0.852. The van der Waals surface area contributed by atoms with Gasteiger partial charge in [-0.15, -0.1) is 0 Å². The van der Waals surface area contributed by atoms with E-state index in [0.29, 0.717) is 0 Å². The zero-order valence-corrected chi connectivity index (χ0v) is 10.5. The number of rotatable bonds is 6. The van der Waals surface area contributed by atoms with Crippen molar-refractivity contribution in [2.75, 3.05) is 27.2 Å². The molecule has 0 aromatic heterocycles. The second-order valence-electron chi connectivity index (χ2n) is 3.91. The molecule has 98 valence electrons. The van der Waals surface area contributed by atoms with Gasteiger partial charge in [-0.2, -0.15) is 0 Å². The molecule has 0 rings (SSSR count). The Bertz CT molecular complexity index is 256. The second kappa shape index (κ2) is 6.85. The van der Waals surface area contributed by atoms with Gasteiger partial charge < -0.3 is 14.2 Å². The quantitative estimate of drug-likeness (QED) is 0.285. The SMILES string of the molecule is CC(=O)OC[N+](C)(COC(C)=O)COC(C)=O. The molecule has 0 N–H and O–H groups in total. The molecule has 0 aliphatic heterocycles. The van der Waals surface area contributed by atoms with Crippen LogP contribution in [0.1, 0.15) is 20.8 Å². The van der Waals surface area contributed by atoms with Crippen LogP contribution in [-0.2, 0) is 28.6 Å². The van der Waals surface area contributed by atoms with Gasteiger partial charge in [-0.3, -0.25) is 14.4 Å². The maximum Gasteiger partial charge on any atom is 0.306 e. The maximum absolute atomic E-state index is 10.7. The highest BCUT2D eigenvalue weighted by Gasteiger charge is 2.26. The minimum atomic E-state index is -0.458. The van der Waals surface area contributed by atoms with Gasteiger partial charge in [0.15, 0.2) is 0 Å². The van der Waals surface area contributed by atoms with Crippen LogP contribution in [0.2, 0.25) is 0 Å². The zero-order valence-electron chi connectivity index (χ0n) is 10.5. The Morgan fingerprint density at radius 3 is 1.18 bits per heavy atom. The minimum Gasteiger partial charge on any atom is -0.415 e. The highest BCUT2D eigenvalue weighted by Crippen LogP contribution is 2.04. The van der Waals surface area contributed by atoms with Gasteiger partial charge in [0.05, 0.1) is 7.05 Å². The van der Waals surface area contributed by atoms with Gasteiger partial charge in [0.1, 0.15) is 0 Å². The van der Waals surface area contributed by atoms with E-state index >= 15 is 0 Å². The van der Waals surface area contributed by atoms with E-state index < -0.39 is 17.9 Å². The van der Waals surface area contributed by atoms with Crippen molar-refractivity contribution in [1.82, 2.24) is 0 Å². The van der Waals surface area contributed by atoms with Crippen LogP contribution < -0.4 is 0 Å². The Balaban J connectivity index is 4.37. The van der Waals surface area contributed by atoms with E-state index in [9.17, 15) is 14.4 Å². The van der Waals surface area contributed by atoms with E-state index in [-0.39, 0.29) is 24.7 Å². The average Bonchev–Trinajstić information content (AvgIpc) is 2.21. The molecule has 0 aliphatic carbocycles. The molecule has 7 heteroatoms. The van der Waals surface area contributed by atoms with Crippen LogP contribution in [0.3, 0.4) is 0 Å². The molecule has 0 aromatic rings. The van der Waals surface area contributed by atoms with Gasteiger partial charge in [0.25, 0.3) is 0 Å². The molecule has 0 spiro atoms. The lowest BCUT2D eigenvalue weighted by atomic mass is 10.6. The highest BCUT2D eigenvalue weighted by molar-refractivity contribution is 5.66. The fraction of sp³-hybridized carbons (Fsp3) is 0.700. The summed E-state index contributed by atoms with van der Waals surface area (Å²) in [4.78, 5) is 32.2. The van der Waals surface area contributed by atoms with Crippen molar-refractivity contribution in [3.8, 4) is 0 Å². The van der Waals surface area contributed by atoms with Gasteiger partial charge in [0.2, 0.25) is 20.2 Å². The van der Waals surface area contributed by atoms with Crippen molar-refractivity contribution in [2.24, 2.45) is 0 Å². The third-order valence-electron chi connectivity index (χ3n) is 1.74. The summed E-state index contributed by atoms with van der Waals surface area (Å²) in [5.74, 6) is -1.37. The lowest BCUT2D eigenvalue weighted by Gasteiger charge is -2.30. The van der Waals surface area contributed by atoms with E-state index in [1.165, 1.54) is 20.8 Å². The average molecular weight is 248 g/mol. The van der Waals surface area contributed by atoms with Crippen LogP contribution >= 0.6 is 0 Å². The molecule has 0 aliphatic rings. The first-order valence-corrected chi connectivity index (χ1v) is 4.99. The lowest BCUT2D eigenvalue weighted by molar-refractivity contribution is -0.955. The summed E-state index contributed by atoms with van der Waals surface area (Å²) in [6.45, 7) is 3.66. The summed E-state index contributed by atoms with van der Waals surface area (Å²) in [5.41, 5.74) is 0. The van der Waals surface area contributed by atoms with Crippen molar-refractivity contribution in [3.63, 3.8) is 0 Å². The van der Waals surface area contributed by atoms with Crippen LogP contribution in [-0.4, -0.2) is 49.6 Å². The smallest absolute Gasteiger partial charge is 0.306 e. The third-order valence-corrected chi connectivity index (χ3v) is 1.74. The monoisotopic (exact) mass is 248 g/mol. The summed E-state index contributed by atoms with van der Waals surface area (Å²) >= 11 is 0. The van der Waals surface area contributed by atoms with Crippen LogP contribution in [0.25, 0.3) is 0 Å². The van der Waals surface area contributed by atoms with Crippen LogP contribution in [0.5, 0.6) is 0 Å². The van der Waals surface area contributed by atoms with Crippen molar-refractivity contribution >= 4 is 17.9 Å². The molecule has 0 amide bonds. The Morgan fingerprint density at radius 1 is 0.765 bits per heavy atom. The molecular formula is C10H18NO6+. The van der Waals surface area contributed by atoms with Crippen LogP contribution in [0, 0.1) is 0 Å². The number of carbonyl (C=O) groups excluding carboxylic acids is 3. The van der Waals surface area contributed by atoms with E-state index in [1.807, 2.05) is 0 Å². The predicted octanol–water partition coefficient (Wildman–Crippen LogP) is -0.00520. The molecule has 0 unspecified atom stereocenters. The van der Waals surface area contributed by atoms with Gasteiger partial charge in [-0.25, -0.2) is 4.48 Å². The van der Waals surface area contributed by atoms with E-state index in [1.54, 1.807) is 7.05 Å².